The first kappa shape index (κ1) is 10.6. The lowest BCUT2D eigenvalue weighted by atomic mass is 9.98. The number of benzene rings is 1. The molecule has 0 saturated heterocycles. The Labute approximate surface area is 97.6 Å². The summed E-state index contributed by atoms with van der Waals surface area (Å²) in [5, 5.41) is 10.3. The lowest BCUT2D eigenvalue weighted by Gasteiger charge is -2.31. The molecule has 76 valence electrons. The Morgan fingerprint density at radius 3 is 2.50 bits per heavy atom. The van der Waals surface area contributed by atoms with Crippen molar-refractivity contribution in [1.82, 2.24) is 0 Å². The molecule has 0 aromatic heterocycles. The molecule has 1 aliphatic rings. The van der Waals surface area contributed by atoms with Crippen LogP contribution < -0.4 is 0 Å². The van der Waals surface area contributed by atoms with Gasteiger partial charge in [0.05, 0.1) is 0 Å². The number of rotatable bonds is 0. The van der Waals surface area contributed by atoms with Gasteiger partial charge in [0.1, 0.15) is 5.60 Å². The van der Waals surface area contributed by atoms with Gasteiger partial charge in [-0.15, -0.1) is 0 Å². The van der Waals surface area contributed by atoms with Crippen molar-refractivity contribution in [2.45, 2.75) is 22.2 Å². The maximum absolute atomic E-state index is 10.3. The zero-order valence-corrected chi connectivity index (χ0v) is 9.57. The second kappa shape index (κ2) is 3.28. The summed E-state index contributed by atoms with van der Waals surface area (Å²) in [7, 11) is 0. The van der Waals surface area contributed by atoms with Gasteiger partial charge in [-0.25, -0.2) is 0 Å². The van der Waals surface area contributed by atoms with E-state index < -0.39 is 9.39 Å². The standard InChI is InChI=1S/C10H9Cl3O/c11-10(12,13)9(14)6-5-7-3-1-2-4-8(7)9/h1-4,14H,5-6H2. The van der Waals surface area contributed by atoms with Crippen LogP contribution in [0, 0.1) is 0 Å². The van der Waals surface area contributed by atoms with Crippen LogP contribution in [0.25, 0.3) is 0 Å². The lowest BCUT2D eigenvalue weighted by Crippen LogP contribution is -2.37. The molecular weight excluding hydrogens is 242 g/mol. The average Bonchev–Trinajstić information content (AvgIpc) is 2.45. The number of hydrogen-bond acceptors (Lipinski definition) is 1. The highest BCUT2D eigenvalue weighted by Gasteiger charge is 2.51. The van der Waals surface area contributed by atoms with Gasteiger partial charge in [0.15, 0.2) is 0 Å². The van der Waals surface area contributed by atoms with Gasteiger partial charge in [-0.2, -0.15) is 0 Å². The quantitative estimate of drug-likeness (QED) is 0.702. The highest BCUT2D eigenvalue weighted by molar-refractivity contribution is 6.68. The highest BCUT2D eigenvalue weighted by atomic mass is 35.6. The van der Waals surface area contributed by atoms with E-state index in [2.05, 4.69) is 0 Å². The van der Waals surface area contributed by atoms with Crippen molar-refractivity contribution in [3.05, 3.63) is 35.4 Å². The molecule has 1 aromatic rings. The summed E-state index contributed by atoms with van der Waals surface area (Å²) in [6, 6.07) is 7.52. The minimum atomic E-state index is -1.67. The van der Waals surface area contributed by atoms with Gasteiger partial charge in [-0.3, -0.25) is 0 Å². The van der Waals surface area contributed by atoms with Crippen LogP contribution in [0.4, 0.5) is 0 Å². The van der Waals surface area contributed by atoms with Crippen molar-refractivity contribution in [2.75, 3.05) is 0 Å². The highest BCUT2D eigenvalue weighted by Crippen LogP contribution is 2.51. The van der Waals surface area contributed by atoms with Crippen molar-refractivity contribution in [3.63, 3.8) is 0 Å². The number of alkyl halides is 3. The minimum absolute atomic E-state index is 0.461. The third-order valence-electron chi connectivity index (χ3n) is 2.69. The van der Waals surface area contributed by atoms with Crippen LogP contribution in [0.2, 0.25) is 0 Å². The Kier molecular flexibility index (Phi) is 2.47. The number of hydrogen-bond donors (Lipinski definition) is 1. The Hall–Kier alpha value is 0.0500. The Morgan fingerprint density at radius 1 is 1.21 bits per heavy atom. The zero-order chi connectivity index (χ0) is 10.4. The van der Waals surface area contributed by atoms with E-state index in [0.717, 1.165) is 17.5 Å². The summed E-state index contributed by atoms with van der Waals surface area (Å²) in [5.41, 5.74) is 0.454. The van der Waals surface area contributed by atoms with E-state index in [4.69, 9.17) is 34.8 Å². The van der Waals surface area contributed by atoms with E-state index in [1.54, 1.807) is 0 Å². The van der Waals surface area contributed by atoms with Crippen LogP contribution in [-0.2, 0) is 12.0 Å². The molecule has 14 heavy (non-hydrogen) atoms. The maximum atomic E-state index is 10.3. The Morgan fingerprint density at radius 2 is 1.86 bits per heavy atom. The Bertz CT molecular complexity index is 359. The van der Waals surface area contributed by atoms with Gasteiger partial charge in [0.2, 0.25) is 3.79 Å². The van der Waals surface area contributed by atoms with Crippen LogP contribution in [-0.4, -0.2) is 8.90 Å². The van der Waals surface area contributed by atoms with Gasteiger partial charge in [-0.1, -0.05) is 59.1 Å². The predicted octanol–water partition coefficient (Wildman–Crippen LogP) is 3.19. The Balaban J connectivity index is 2.53. The second-order valence-corrected chi connectivity index (χ2v) is 5.80. The van der Waals surface area contributed by atoms with E-state index in [1.165, 1.54) is 0 Å². The van der Waals surface area contributed by atoms with Crippen LogP contribution >= 0.6 is 34.8 Å². The van der Waals surface area contributed by atoms with E-state index in [0.29, 0.717) is 6.42 Å². The van der Waals surface area contributed by atoms with Gasteiger partial charge < -0.3 is 5.11 Å². The summed E-state index contributed by atoms with van der Waals surface area (Å²) < 4.78 is -1.67. The molecule has 1 aromatic carbocycles. The number of fused-ring (bicyclic) bond motifs is 1. The van der Waals surface area contributed by atoms with Crippen molar-refractivity contribution in [3.8, 4) is 0 Å². The normalized spacial score (nSPS) is 26.3. The van der Waals surface area contributed by atoms with E-state index in [1.807, 2.05) is 24.3 Å². The molecule has 4 heteroatoms. The van der Waals surface area contributed by atoms with Crippen LogP contribution in [0.1, 0.15) is 17.5 Å². The molecule has 0 bridgehead atoms. The first-order valence-corrected chi connectivity index (χ1v) is 5.46. The third-order valence-corrected chi connectivity index (χ3v) is 3.63. The number of aliphatic hydroxyl groups is 1. The monoisotopic (exact) mass is 250 g/mol. The van der Waals surface area contributed by atoms with Gasteiger partial charge >= 0.3 is 0 Å². The molecule has 0 heterocycles. The zero-order valence-electron chi connectivity index (χ0n) is 7.30. The number of aryl methyl sites for hydroxylation is 1. The largest absolute Gasteiger partial charge is 0.381 e. The van der Waals surface area contributed by atoms with E-state index >= 15 is 0 Å². The molecule has 0 amide bonds. The minimum Gasteiger partial charge on any atom is -0.381 e. The topological polar surface area (TPSA) is 20.2 Å². The summed E-state index contributed by atoms with van der Waals surface area (Å²) in [5.74, 6) is 0. The van der Waals surface area contributed by atoms with Crippen LogP contribution in [0.15, 0.2) is 24.3 Å². The summed E-state index contributed by atoms with van der Waals surface area (Å²) in [6.45, 7) is 0. The molecular formula is C10H9Cl3O. The van der Waals surface area contributed by atoms with Gasteiger partial charge in [0, 0.05) is 0 Å². The fraction of sp³-hybridized carbons (Fsp3) is 0.400. The molecule has 1 atom stereocenters. The average molecular weight is 252 g/mol. The van der Waals surface area contributed by atoms with Crippen LogP contribution in [0.5, 0.6) is 0 Å². The molecule has 1 unspecified atom stereocenters. The molecule has 1 nitrogen and oxygen atoms in total. The van der Waals surface area contributed by atoms with Crippen molar-refractivity contribution < 1.29 is 5.11 Å². The first-order chi connectivity index (χ1) is 6.45. The maximum Gasteiger partial charge on any atom is 0.222 e. The fourth-order valence-corrected chi connectivity index (χ4v) is 2.48. The van der Waals surface area contributed by atoms with Crippen molar-refractivity contribution in [1.29, 1.82) is 0 Å². The third kappa shape index (κ3) is 1.43. The SMILES string of the molecule is OC1(C(Cl)(Cl)Cl)CCc2ccccc21. The smallest absolute Gasteiger partial charge is 0.222 e. The molecule has 0 saturated carbocycles. The fourth-order valence-electron chi connectivity index (χ4n) is 1.89. The predicted molar refractivity (Wildman–Crippen MR) is 58.9 cm³/mol. The molecule has 0 aliphatic heterocycles. The molecule has 1 aliphatic carbocycles. The van der Waals surface area contributed by atoms with E-state index in [9.17, 15) is 5.11 Å². The molecule has 0 spiro atoms. The lowest BCUT2D eigenvalue weighted by molar-refractivity contribution is 0.0426. The molecule has 0 radical (unpaired) electrons. The number of halogens is 3. The summed E-state index contributed by atoms with van der Waals surface area (Å²) in [6.07, 6.45) is 1.21. The van der Waals surface area contributed by atoms with Gasteiger partial charge in [0.25, 0.3) is 0 Å². The summed E-state index contributed by atoms with van der Waals surface area (Å²) in [4.78, 5) is 0. The van der Waals surface area contributed by atoms with Crippen molar-refractivity contribution >= 4 is 34.8 Å². The first-order valence-electron chi connectivity index (χ1n) is 4.33. The summed E-state index contributed by atoms with van der Waals surface area (Å²) >= 11 is 17.4. The van der Waals surface area contributed by atoms with E-state index in [-0.39, 0.29) is 0 Å². The van der Waals surface area contributed by atoms with Crippen LogP contribution in [0.3, 0.4) is 0 Å². The molecule has 1 N–H and O–H groups in total. The van der Waals surface area contributed by atoms with Crippen molar-refractivity contribution in [2.24, 2.45) is 0 Å². The molecule has 2 rings (SSSR count). The second-order valence-electron chi connectivity index (χ2n) is 3.52. The van der Waals surface area contributed by atoms with Gasteiger partial charge in [-0.05, 0) is 24.0 Å². The molecule has 0 fully saturated rings.